The summed E-state index contributed by atoms with van der Waals surface area (Å²) in [5.41, 5.74) is 2.04. The van der Waals surface area contributed by atoms with E-state index in [4.69, 9.17) is 0 Å². The molecule has 1 aromatic heterocycles. The molecule has 2 aromatic rings. The topological polar surface area (TPSA) is 59.6 Å². The van der Waals surface area contributed by atoms with Crippen molar-refractivity contribution in [2.45, 2.75) is 20.4 Å². The summed E-state index contributed by atoms with van der Waals surface area (Å²) in [5, 5.41) is 11.3. The lowest BCUT2D eigenvalue weighted by molar-refractivity contribution is 0.131. The number of aromatic hydroxyl groups is 1. The molecule has 2 N–H and O–H groups in total. The number of nitrogens with one attached hydrogen (secondary N) is 1. The first-order chi connectivity index (χ1) is 10.6. The Bertz CT molecular complexity index is 730. The molecule has 5 nitrogen and oxygen atoms in total. The van der Waals surface area contributed by atoms with Crippen molar-refractivity contribution in [2.24, 2.45) is 0 Å². The first kappa shape index (κ1) is 15.1. The van der Waals surface area contributed by atoms with Crippen LogP contribution in [0, 0.1) is 6.92 Å². The zero-order chi connectivity index (χ0) is 15.7. The maximum absolute atomic E-state index is 12.3. The van der Waals surface area contributed by atoms with Crippen LogP contribution in [0.25, 0.3) is 10.9 Å². The third-order valence-corrected chi connectivity index (χ3v) is 4.53. The van der Waals surface area contributed by atoms with Crippen LogP contribution in [0.15, 0.2) is 23.0 Å². The van der Waals surface area contributed by atoms with Crippen LogP contribution in [0.1, 0.15) is 18.1 Å². The maximum Gasteiger partial charge on any atom is 0.256 e. The minimum atomic E-state index is -0.188. The highest BCUT2D eigenvalue weighted by Crippen LogP contribution is 2.26. The largest absolute Gasteiger partial charge is 0.507 e. The van der Waals surface area contributed by atoms with Crippen LogP contribution in [-0.4, -0.2) is 52.6 Å². The summed E-state index contributed by atoms with van der Waals surface area (Å²) in [4.78, 5) is 19.8. The van der Waals surface area contributed by atoms with E-state index >= 15 is 0 Å². The highest BCUT2D eigenvalue weighted by Gasteiger charge is 2.19. The quantitative estimate of drug-likeness (QED) is 0.905. The Morgan fingerprint density at radius 3 is 2.55 bits per heavy atom. The Balaban J connectivity index is 1.89. The summed E-state index contributed by atoms with van der Waals surface area (Å²) in [6.45, 7) is 9.60. The van der Waals surface area contributed by atoms with E-state index in [0.717, 1.165) is 43.7 Å². The average Bonchev–Trinajstić information content (AvgIpc) is 2.53. The predicted molar refractivity (Wildman–Crippen MR) is 88.4 cm³/mol. The fourth-order valence-corrected chi connectivity index (χ4v) is 3.06. The zero-order valence-electron chi connectivity index (χ0n) is 13.2. The Morgan fingerprint density at radius 2 is 1.86 bits per heavy atom. The fourth-order valence-electron chi connectivity index (χ4n) is 3.06. The highest BCUT2D eigenvalue weighted by atomic mass is 16.3. The zero-order valence-corrected chi connectivity index (χ0v) is 13.2. The molecule has 0 saturated carbocycles. The van der Waals surface area contributed by atoms with Gasteiger partial charge in [0.1, 0.15) is 5.75 Å². The van der Waals surface area contributed by atoms with Gasteiger partial charge in [-0.15, -0.1) is 0 Å². The van der Waals surface area contributed by atoms with Crippen molar-refractivity contribution in [1.29, 1.82) is 0 Å². The SMILES string of the molecule is CCN1CCN(Cc2c(O)c3cc(C)ccc3[nH]c2=O)CC1. The molecule has 3 rings (SSSR count). The van der Waals surface area contributed by atoms with Crippen molar-refractivity contribution in [3.8, 4) is 5.75 Å². The second-order valence-corrected chi connectivity index (χ2v) is 6.04. The number of benzene rings is 1. The lowest BCUT2D eigenvalue weighted by Gasteiger charge is -2.33. The number of fused-ring (bicyclic) bond motifs is 1. The van der Waals surface area contributed by atoms with Gasteiger partial charge in [-0.05, 0) is 25.6 Å². The normalized spacial score (nSPS) is 17.2. The molecule has 1 fully saturated rings. The van der Waals surface area contributed by atoms with Gasteiger partial charge in [0.15, 0.2) is 0 Å². The fraction of sp³-hybridized carbons (Fsp3) is 0.471. The molecular formula is C17H23N3O2. The van der Waals surface area contributed by atoms with Gasteiger partial charge in [-0.2, -0.15) is 0 Å². The van der Waals surface area contributed by atoms with Crippen LogP contribution in [0.3, 0.4) is 0 Å². The second kappa shape index (κ2) is 6.10. The van der Waals surface area contributed by atoms with E-state index in [1.165, 1.54) is 0 Å². The molecule has 1 aromatic carbocycles. The molecule has 0 atom stereocenters. The molecule has 0 amide bonds. The van der Waals surface area contributed by atoms with Gasteiger partial charge < -0.3 is 15.0 Å². The van der Waals surface area contributed by atoms with Gasteiger partial charge in [-0.1, -0.05) is 18.6 Å². The van der Waals surface area contributed by atoms with E-state index in [1.807, 2.05) is 25.1 Å². The predicted octanol–water partition coefficient (Wildman–Crippen LogP) is 1.68. The summed E-state index contributed by atoms with van der Waals surface area (Å²) >= 11 is 0. The van der Waals surface area contributed by atoms with E-state index in [0.29, 0.717) is 17.6 Å². The molecule has 5 heteroatoms. The summed E-state index contributed by atoms with van der Waals surface area (Å²) in [5.74, 6) is 0.125. The van der Waals surface area contributed by atoms with E-state index in [9.17, 15) is 9.90 Å². The summed E-state index contributed by atoms with van der Waals surface area (Å²) in [6.07, 6.45) is 0. The number of piperazine rings is 1. The molecule has 0 aliphatic carbocycles. The smallest absolute Gasteiger partial charge is 0.256 e. The second-order valence-electron chi connectivity index (χ2n) is 6.04. The standard InChI is InChI=1S/C17H23N3O2/c1-3-19-6-8-20(9-7-19)11-14-16(21)13-10-12(2)4-5-15(13)18-17(14)22/h4-5,10H,3,6-9,11H2,1-2H3,(H2,18,21,22). The number of hydrogen-bond donors (Lipinski definition) is 2. The number of aromatic nitrogens is 1. The van der Waals surface area contributed by atoms with Gasteiger partial charge in [0, 0.05) is 38.1 Å². The molecule has 0 bridgehead atoms. The van der Waals surface area contributed by atoms with E-state index < -0.39 is 0 Å². The Kier molecular flexibility index (Phi) is 4.18. The molecule has 22 heavy (non-hydrogen) atoms. The molecule has 0 spiro atoms. The van der Waals surface area contributed by atoms with Crippen molar-refractivity contribution < 1.29 is 5.11 Å². The van der Waals surface area contributed by atoms with Crippen molar-refractivity contribution in [2.75, 3.05) is 32.7 Å². The molecular weight excluding hydrogens is 278 g/mol. The average molecular weight is 301 g/mol. The van der Waals surface area contributed by atoms with Gasteiger partial charge in [-0.25, -0.2) is 0 Å². The summed E-state index contributed by atoms with van der Waals surface area (Å²) in [6, 6.07) is 5.69. The van der Waals surface area contributed by atoms with Crippen molar-refractivity contribution >= 4 is 10.9 Å². The highest BCUT2D eigenvalue weighted by molar-refractivity contribution is 5.86. The van der Waals surface area contributed by atoms with E-state index in [2.05, 4.69) is 21.7 Å². The van der Waals surface area contributed by atoms with Gasteiger partial charge in [0.25, 0.3) is 5.56 Å². The third-order valence-electron chi connectivity index (χ3n) is 4.53. The lowest BCUT2D eigenvalue weighted by Crippen LogP contribution is -2.46. The first-order valence-electron chi connectivity index (χ1n) is 7.87. The number of nitrogens with zero attached hydrogens (tertiary/aromatic N) is 2. The number of hydrogen-bond acceptors (Lipinski definition) is 4. The number of H-pyrrole nitrogens is 1. The van der Waals surface area contributed by atoms with Gasteiger partial charge in [-0.3, -0.25) is 9.69 Å². The van der Waals surface area contributed by atoms with Crippen molar-refractivity contribution in [3.63, 3.8) is 0 Å². The molecule has 2 heterocycles. The molecule has 1 aliphatic heterocycles. The van der Waals surface area contributed by atoms with Gasteiger partial charge in [0.2, 0.25) is 0 Å². The monoisotopic (exact) mass is 301 g/mol. The summed E-state index contributed by atoms with van der Waals surface area (Å²) in [7, 11) is 0. The minimum Gasteiger partial charge on any atom is -0.507 e. The van der Waals surface area contributed by atoms with Gasteiger partial charge >= 0.3 is 0 Å². The number of rotatable bonds is 3. The van der Waals surface area contributed by atoms with Crippen LogP contribution in [0.4, 0.5) is 0 Å². The van der Waals surface area contributed by atoms with Crippen molar-refractivity contribution in [1.82, 2.24) is 14.8 Å². The molecule has 1 saturated heterocycles. The van der Waals surface area contributed by atoms with Crippen LogP contribution < -0.4 is 5.56 Å². The molecule has 1 aliphatic rings. The van der Waals surface area contributed by atoms with Crippen molar-refractivity contribution in [3.05, 3.63) is 39.7 Å². The first-order valence-corrected chi connectivity index (χ1v) is 7.87. The Labute approximate surface area is 130 Å². The van der Waals surface area contributed by atoms with Crippen LogP contribution in [-0.2, 0) is 6.54 Å². The Morgan fingerprint density at radius 1 is 1.18 bits per heavy atom. The Hall–Kier alpha value is -1.85. The minimum absolute atomic E-state index is 0.125. The third kappa shape index (κ3) is 2.87. The lowest BCUT2D eigenvalue weighted by atomic mass is 10.1. The van der Waals surface area contributed by atoms with Gasteiger partial charge in [0.05, 0.1) is 11.1 Å². The van der Waals surface area contributed by atoms with Crippen LogP contribution in [0.2, 0.25) is 0 Å². The molecule has 0 radical (unpaired) electrons. The number of aryl methyl sites for hydroxylation is 1. The number of pyridine rings is 1. The summed E-state index contributed by atoms with van der Waals surface area (Å²) < 4.78 is 0. The van der Waals surface area contributed by atoms with Crippen LogP contribution >= 0.6 is 0 Å². The molecule has 0 unspecified atom stereocenters. The van der Waals surface area contributed by atoms with E-state index in [1.54, 1.807) is 0 Å². The number of aromatic amines is 1. The van der Waals surface area contributed by atoms with Crippen LogP contribution in [0.5, 0.6) is 5.75 Å². The maximum atomic E-state index is 12.3. The molecule has 118 valence electrons. The number of likely N-dealkylation sites (N-methyl/N-ethyl adjacent to an activating group) is 1. The van der Waals surface area contributed by atoms with E-state index in [-0.39, 0.29) is 11.3 Å².